The number of fused-ring (bicyclic) bond motifs is 2. The van der Waals surface area contributed by atoms with Crippen molar-refractivity contribution < 1.29 is 0 Å². The van der Waals surface area contributed by atoms with Crippen molar-refractivity contribution in [2.75, 3.05) is 12.3 Å². The highest BCUT2D eigenvalue weighted by atomic mass is 15.2. The molecule has 0 fully saturated rings. The summed E-state index contributed by atoms with van der Waals surface area (Å²) in [5, 5.41) is 0. The maximum atomic E-state index is 6.54. The highest BCUT2D eigenvalue weighted by Crippen LogP contribution is 2.42. The van der Waals surface area contributed by atoms with Crippen molar-refractivity contribution in [2.24, 2.45) is 0 Å². The Morgan fingerprint density at radius 1 is 1.00 bits per heavy atom. The van der Waals surface area contributed by atoms with E-state index in [1.165, 1.54) is 51.8 Å². The van der Waals surface area contributed by atoms with Gasteiger partial charge in [-0.25, -0.2) is 0 Å². The van der Waals surface area contributed by atoms with E-state index in [-0.39, 0.29) is 5.92 Å². The maximum Gasteiger partial charge on any atom is 0.0382 e. The molecule has 174 valence electrons. The lowest BCUT2D eigenvalue weighted by molar-refractivity contribution is 0.179. The Balaban J connectivity index is 1.52. The van der Waals surface area contributed by atoms with Crippen LogP contribution in [0.2, 0.25) is 0 Å². The van der Waals surface area contributed by atoms with Gasteiger partial charge in [0.2, 0.25) is 0 Å². The molecule has 2 unspecified atom stereocenters. The van der Waals surface area contributed by atoms with Crippen molar-refractivity contribution in [1.29, 1.82) is 0 Å². The summed E-state index contributed by atoms with van der Waals surface area (Å²) in [5.74, 6) is 0.243. The largest absolute Gasteiger partial charge is 0.398 e. The van der Waals surface area contributed by atoms with Crippen LogP contribution in [0.25, 0.3) is 6.08 Å². The zero-order chi connectivity index (χ0) is 23.8. The van der Waals surface area contributed by atoms with Crippen LogP contribution in [0.5, 0.6) is 0 Å². The highest BCUT2D eigenvalue weighted by Gasteiger charge is 2.31. The molecule has 5 rings (SSSR count). The first-order chi connectivity index (χ1) is 16.5. The molecule has 1 aliphatic carbocycles. The molecule has 3 aromatic carbocycles. The molecule has 0 saturated heterocycles. The normalized spacial score (nSPS) is 18.2. The lowest BCUT2D eigenvalue weighted by Gasteiger charge is -2.34. The van der Waals surface area contributed by atoms with Gasteiger partial charge in [-0.3, -0.25) is 4.90 Å². The van der Waals surface area contributed by atoms with Gasteiger partial charge >= 0.3 is 0 Å². The van der Waals surface area contributed by atoms with E-state index in [0.29, 0.717) is 6.04 Å². The molecule has 0 aromatic heterocycles. The molecule has 1 heterocycles. The van der Waals surface area contributed by atoms with Crippen molar-refractivity contribution >= 4 is 11.8 Å². The van der Waals surface area contributed by atoms with Gasteiger partial charge in [0.1, 0.15) is 0 Å². The Morgan fingerprint density at radius 2 is 1.79 bits per heavy atom. The molecule has 2 aliphatic rings. The van der Waals surface area contributed by atoms with Gasteiger partial charge in [0.15, 0.2) is 0 Å². The standard InChI is InChI=1S/C32H36N2/c1-5-9-28(29-18-23(6-2)21(3)32(33)22(29)4)26-13-12-25-14-15-31(30(25)19-26)34-17-16-24-10-7-8-11-27(24)20-34/h5-8,10-13,18-19,28,31H,1-2,9,14-17,20,33H2,3-4H3. The first kappa shape index (κ1) is 22.7. The van der Waals surface area contributed by atoms with Crippen molar-refractivity contribution in [1.82, 2.24) is 4.90 Å². The summed E-state index contributed by atoms with van der Waals surface area (Å²) >= 11 is 0. The van der Waals surface area contributed by atoms with E-state index < -0.39 is 0 Å². The zero-order valence-electron chi connectivity index (χ0n) is 20.6. The number of hydrogen-bond donors (Lipinski definition) is 1. The van der Waals surface area contributed by atoms with E-state index in [4.69, 9.17) is 5.73 Å². The summed E-state index contributed by atoms with van der Waals surface area (Å²) in [6.45, 7) is 14.5. The van der Waals surface area contributed by atoms with Gasteiger partial charge < -0.3 is 5.73 Å². The van der Waals surface area contributed by atoms with Crippen molar-refractivity contribution in [3.8, 4) is 0 Å². The quantitative estimate of drug-likeness (QED) is 0.317. The molecule has 34 heavy (non-hydrogen) atoms. The Hall–Kier alpha value is -3.10. The second kappa shape index (κ2) is 9.27. The van der Waals surface area contributed by atoms with E-state index in [0.717, 1.165) is 42.7 Å². The molecular formula is C32H36N2. The fourth-order valence-corrected chi connectivity index (χ4v) is 6.14. The fourth-order valence-electron chi connectivity index (χ4n) is 6.14. The third-order valence-electron chi connectivity index (χ3n) is 8.20. The lowest BCUT2D eigenvalue weighted by atomic mass is 9.82. The first-order valence-electron chi connectivity index (χ1n) is 12.6. The second-order valence-electron chi connectivity index (χ2n) is 10.0. The number of nitrogens with two attached hydrogens (primary N) is 1. The maximum absolute atomic E-state index is 6.54. The third kappa shape index (κ3) is 3.91. The van der Waals surface area contributed by atoms with Gasteiger partial charge in [0.25, 0.3) is 0 Å². The molecule has 2 atom stereocenters. The van der Waals surface area contributed by atoms with Crippen LogP contribution in [0.15, 0.2) is 67.8 Å². The predicted octanol–water partition coefficient (Wildman–Crippen LogP) is 7.28. The molecule has 0 saturated carbocycles. The summed E-state index contributed by atoms with van der Waals surface area (Å²) in [4.78, 5) is 2.70. The molecule has 0 radical (unpaired) electrons. The van der Waals surface area contributed by atoms with Gasteiger partial charge in [0.05, 0.1) is 0 Å². The first-order valence-corrected chi connectivity index (χ1v) is 12.6. The van der Waals surface area contributed by atoms with Gasteiger partial charge in [-0.15, -0.1) is 6.58 Å². The Morgan fingerprint density at radius 3 is 2.56 bits per heavy atom. The number of benzene rings is 3. The minimum atomic E-state index is 0.243. The highest BCUT2D eigenvalue weighted by molar-refractivity contribution is 5.68. The van der Waals surface area contributed by atoms with Crippen molar-refractivity contribution in [3.63, 3.8) is 0 Å². The summed E-state index contributed by atoms with van der Waals surface area (Å²) < 4.78 is 0. The van der Waals surface area contributed by atoms with Crippen LogP contribution in [-0.4, -0.2) is 11.4 Å². The summed E-state index contributed by atoms with van der Waals surface area (Å²) in [6.07, 6.45) is 8.38. The molecule has 0 bridgehead atoms. The smallest absolute Gasteiger partial charge is 0.0382 e. The minimum absolute atomic E-state index is 0.243. The molecule has 2 nitrogen and oxygen atoms in total. The monoisotopic (exact) mass is 448 g/mol. The van der Waals surface area contributed by atoms with Crippen LogP contribution in [-0.2, 0) is 19.4 Å². The van der Waals surface area contributed by atoms with E-state index in [9.17, 15) is 0 Å². The van der Waals surface area contributed by atoms with Crippen LogP contribution >= 0.6 is 0 Å². The lowest BCUT2D eigenvalue weighted by Crippen LogP contribution is -2.33. The fraction of sp³-hybridized carbons (Fsp3) is 0.312. The number of nitrogens with zero attached hydrogens (tertiary/aromatic N) is 1. The Kier molecular flexibility index (Phi) is 6.18. The summed E-state index contributed by atoms with van der Waals surface area (Å²) in [7, 11) is 0. The van der Waals surface area contributed by atoms with E-state index in [1.807, 2.05) is 12.2 Å². The predicted molar refractivity (Wildman–Crippen MR) is 145 cm³/mol. The molecular weight excluding hydrogens is 412 g/mol. The van der Waals surface area contributed by atoms with Gasteiger partial charge in [-0.2, -0.15) is 0 Å². The molecule has 0 amide bonds. The van der Waals surface area contributed by atoms with E-state index >= 15 is 0 Å². The Bertz CT molecular complexity index is 1250. The zero-order valence-corrected chi connectivity index (χ0v) is 20.6. The number of aryl methyl sites for hydroxylation is 1. The van der Waals surface area contributed by atoms with Gasteiger partial charge in [-0.1, -0.05) is 67.3 Å². The Labute approximate surface area is 204 Å². The van der Waals surface area contributed by atoms with Crippen molar-refractivity contribution in [3.05, 3.63) is 118 Å². The average molecular weight is 449 g/mol. The number of rotatable bonds is 6. The minimum Gasteiger partial charge on any atom is -0.398 e. The van der Waals surface area contributed by atoms with Crippen LogP contribution in [0.1, 0.15) is 74.9 Å². The average Bonchev–Trinajstić information content (AvgIpc) is 3.29. The third-order valence-corrected chi connectivity index (χ3v) is 8.20. The number of allylic oxidation sites excluding steroid dienone is 1. The topological polar surface area (TPSA) is 29.3 Å². The number of nitrogen functional groups attached to an aromatic ring is 1. The van der Waals surface area contributed by atoms with E-state index in [1.54, 1.807) is 0 Å². The second-order valence-corrected chi connectivity index (χ2v) is 10.0. The van der Waals surface area contributed by atoms with Crippen LogP contribution < -0.4 is 5.73 Å². The van der Waals surface area contributed by atoms with Crippen molar-refractivity contribution in [2.45, 2.75) is 58.0 Å². The molecule has 2 heteroatoms. The van der Waals surface area contributed by atoms with Gasteiger partial charge in [-0.05, 0) is 89.6 Å². The number of hydrogen-bond acceptors (Lipinski definition) is 2. The molecule has 0 spiro atoms. The van der Waals surface area contributed by atoms with Crippen LogP contribution in [0.3, 0.4) is 0 Å². The van der Waals surface area contributed by atoms with Crippen LogP contribution in [0, 0.1) is 13.8 Å². The SMILES string of the molecule is C=CCC(c1ccc2c(c1)C(N1CCc3ccccc3C1)CC2)c1cc(C=C)c(C)c(N)c1C. The molecule has 2 N–H and O–H groups in total. The van der Waals surface area contributed by atoms with Crippen LogP contribution in [0.4, 0.5) is 5.69 Å². The molecule has 1 aliphatic heterocycles. The van der Waals surface area contributed by atoms with Gasteiger partial charge in [0, 0.05) is 30.7 Å². The molecule has 3 aromatic rings. The van der Waals surface area contributed by atoms with E-state index in [2.05, 4.69) is 80.4 Å². The summed E-state index contributed by atoms with van der Waals surface area (Å²) in [5.41, 5.74) is 19.5. The number of anilines is 1. The summed E-state index contributed by atoms with van der Waals surface area (Å²) in [6, 6.07) is 18.9.